The van der Waals surface area contributed by atoms with Crippen LogP contribution >= 0.6 is 23.4 Å². The van der Waals surface area contributed by atoms with Crippen molar-refractivity contribution >= 4 is 29.2 Å². The summed E-state index contributed by atoms with van der Waals surface area (Å²) in [6.07, 6.45) is 1.57. The van der Waals surface area contributed by atoms with Gasteiger partial charge in [-0.25, -0.2) is 4.98 Å². The van der Waals surface area contributed by atoms with Crippen molar-refractivity contribution in [3.05, 3.63) is 52.7 Å². The lowest BCUT2D eigenvalue weighted by Crippen LogP contribution is -2.23. The number of anilines is 1. The standard InChI is InChI=1S/C16H20ClN3S/c1-3-19-15(14-9-12(17)10-20-16(14)18)11-5-7-13(8-6-11)21-4-2/h5-10,15,19H,3-4H2,1-2H3,(H2,18,20). The van der Waals surface area contributed by atoms with E-state index in [-0.39, 0.29) is 6.04 Å². The van der Waals surface area contributed by atoms with E-state index in [9.17, 15) is 0 Å². The smallest absolute Gasteiger partial charge is 0.128 e. The highest BCUT2D eigenvalue weighted by molar-refractivity contribution is 7.99. The Morgan fingerprint density at radius 3 is 2.62 bits per heavy atom. The maximum atomic E-state index is 6.07. The molecule has 0 aliphatic rings. The number of nitrogens with zero attached hydrogens (tertiary/aromatic N) is 1. The highest BCUT2D eigenvalue weighted by atomic mass is 35.5. The second kappa shape index (κ2) is 7.69. The van der Waals surface area contributed by atoms with E-state index < -0.39 is 0 Å². The van der Waals surface area contributed by atoms with E-state index in [0.717, 1.165) is 23.4 Å². The zero-order chi connectivity index (χ0) is 15.2. The molecule has 2 aromatic rings. The van der Waals surface area contributed by atoms with E-state index in [4.69, 9.17) is 17.3 Å². The van der Waals surface area contributed by atoms with E-state index in [2.05, 4.69) is 48.4 Å². The summed E-state index contributed by atoms with van der Waals surface area (Å²) >= 11 is 7.90. The van der Waals surface area contributed by atoms with Gasteiger partial charge < -0.3 is 11.1 Å². The number of nitrogens with two attached hydrogens (primary N) is 1. The molecule has 21 heavy (non-hydrogen) atoms. The first kappa shape index (κ1) is 16.1. The van der Waals surface area contributed by atoms with Gasteiger partial charge in [-0.3, -0.25) is 0 Å². The Morgan fingerprint density at radius 1 is 1.29 bits per heavy atom. The Hall–Kier alpha value is -1.23. The van der Waals surface area contributed by atoms with Gasteiger partial charge in [-0.1, -0.05) is 37.6 Å². The highest BCUT2D eigenvalue weighted by Crippen LogP contribution is 2.29. The van der Waals surface area contributed by atoms with E-state index in [1.54, 1.807) is 6.20 Å². The van der Waals surface area contributed by atoms with Crippen molar-refractivity contribution in [2.75, 3.05) is 18.0 Å². The number of pyridine rings is 1. The van der Waals surface area contributed by atoms with E-state index in [1.807, 2.05) is 17.8 Å². The normalized spacial score (nSPS) is 12.3. The molecule has 2 rings (SSSR count). The van der Waals surface area contributed by atoms with Crippen molar-refractivity contribution in [1.82, 2.24) is 10.3 Å². The summed E-state index contributed by atoms with van der Waals surface area (Å²) in [4.78, 5) is 5.43. The summed E-state index contributed by atoms with van der Waals surface area (Å²) in [6, 6.07) is 10.4. The Balaban J connectivity index is 2.35. The van der Waals surface area contributed by atoms with Crippen LogP contribution in [0.2, 0.25) is 5.02 Å². The molecule has 0 radical (unpaired) electrons. The van der Waals surface area contributed by atoms with Crippen LogP contribution in [-0.2, 0) is 0 Å². The molecule has 5 heteroatoms. The average Bonchev–Trinajstić information content (AvgIpc) is 2.49. The number of nitrogens with one attached hydrogen (secondary N) is 1. The summed E-state index contributed by atoms with van der Waals surface area (Å²) in [7, 11) is 0. The number of nitrogen functional groups attached to an aromatic ring is 1. The molecule has 1 aromatic carbocycles. The van der Waals surface area contributed by atoms with Crippen LogP contribution in [0.15, 0.2) is 41.4 Å². The number of thioether (sulfide) groups is 1. The molecular formula is C16H20ClN3S. The van der Waals surface area contributed by atoms with Crippen LogP contribution in [-0.4, -0.2) is 17.3 Å². The summed E-state index contributed by atoms with van der Waals surface area (Å²) < 4.78 is 0. The van der Waals surface area contributed by atoms with Gasteiger partial charge >= 0.3 is 0 Å². The summed E-state index contributed by atoms with van der Waals surface area (Å²) in [5.74, 6) is 1.58. The van der Waals surface area contributed by atoms with Gasteiger partial charge in [-0.2, -0.15) is 0 Å². The molecule has 0 spiro atoms. The first-order chi connectivity index (χ1) is 10.2. The van der Waals surface area contributed by atoms with Gasteiger partial charge in [0.1, 0.15) is 5.82 Å². The summed E-state index contributed by atoms with van der Waals surface area (Å²) in [5.41, 5.74) is 8.10. The molecule has 0 fully saturated rings. The number of hydrogen-bond acceptors (Lipinski definition) is 4. The molecular weight excluding hydrogens is 302 g/mol. The molecule has 0 aliphatic carbocycles. The minimum atomic E-state index is 0.00174. The molecule has 0 bridgehead atoms. The maximum Gasteiger partial charge on any atom is 0.128 e. The quantitative estimate of drug-likeness (QED) is 0.785. The van der Waals surface area contributed by atoms with Gasteiger partial charge in [0.05, 0.1) is 11.1 Å². The van der Waals surface area contributed by atoms with Crippen LogP contribution < -0.4 is 11.1 Å². The van der Waals surface area contributed by atoms with Crippen molar-refractivity contribution < 1.29 is 0 Å². The first-order valence-corrected chi connectivity index (χ1v) is 8.39. The molecule has 3 nitrogen and oxygen atoms in total. The molecule has 1 atom stereocenters. The fourth-order valence-electron chi connectivity index (χ4n) is 2.23. The molecule has 1 aromatic heterocycles. The van der Waals surface area contributed by atoms with Crippen LogP contribution in [0.1, 0.15) is 31.0 Å². The lowest BCUT2D eigenvalue weighted by Gasteiger charge is -2.20. The highest BCUT2D eigenvalue weighted by Gasteiger charge is 2.17. The second-order valence-corrected chi connectivity index (χ2v) is 6.39. The fraction of sp³-hybridized carbons (Fsp3) is 0.312. The third kappa shape index (κ3) is 4.13. The first-order valence-electron chi connectivity index (χ1n) is 7.02. The number of hydrogen-bond donors (Lipinski definition) is 2. The molecule has 1 heterocycles. The molecule has 3 N–H and O–H groups in total. The third-order valence-electron chi connectivity index (χ3n) is 3.16. The van der Waals surface area contributed by atoms with Gasteiger partial charge in [0.15, 0.2) is 0 Å². The van der Waals surface area contributed by atoms with E-state index in [0.29, 0.717) is 10.8 Å². The van der Waals surface area contributed by atoms with Gasteiger partial charge in [-0.05, 0) is 36.1 Å². The zero-order valence-corrected chi connectivity index (χ0v) is 13.8. The van der Waals surface area contributed by atoms with Gasteiger partial charge in [0.25, 0.3) is 0 Å². The fourth-order valence-corrected chi connectivity index (χ4v) is 3.06. The van der Waals surface area contributed by atoms with Gasteiger partial charge in [0, 0.05) is 16.7 Å². The Morgan fingerprint density at radius 2 is 2.00 bits per heavy atom. The van der Waals surface area contributed by atoms with Gasteiger partial charge in [-0.15, -0.1) is 11.8 Å². The maximum absolute atomic E-state index is 6.07. The number of rotatable bonds is 6. The number of benzene rings is 1. The van der Waals surface area contributed by atoms with Crippen LogP contribution in [0.3, 0.4) is 0 Å². The molecule has 0 amide bonds. The van der Waals surface area contributed by atoms with Gasteiger partial charge in [0.2, 0.25) is 0 Å². The lowest BCUT2D eigenvalue weighted by molar-refractivity contribution is 0.630. The van der Waals surface area contributed by atoms with Crippen molar-refractivity contribution in [2.24, 2.45) is 0 Å². The Kier molecular flexibility index (Phi) is 5.91. The Labute approximate surface area is 135 Å². The third-order valence-corrected chi connectivity index (χ3v) is 4.26. The molecule has 0 saturated carbocycles. The van der Waals surface area contributed by atoms with E-state index >= 15 is 0 Å². The molecule has 112 valence electrons. The molecule has 0 saturated heterocycles. The molecule has 1 unspecified atom stereocenters. The monoisotopic (exact) mass is 321 g/mol. The predicted molar refractivity (Wildman–Crippen MR) is 92.0 cm³/mol. The van der Waals surface area contributed by atoms with Crippen molar-refractivity contribution in [1.29, 1.82) is 0 Å². The van der Waals surface area contributed by atoms with Crippen LogP contribution in [0.4, 0.5) is 5.82 Å². The Bertz CT molecular complexity index is 587. The average molecular weight is 322 g/mol. The van der Waals surface area contributed by atoms with Crippen LogP contribution in [0, 0.1) is 0 Å². The number of aromatic nitrogens is 1. The topological polar surface area (TPSA) is 50.9 Å². The van der Waals surface area contributed by atoms with Crippen molar-refractivity contribution in [2.45, 2.75) is 24.8 Å². The summed E-state index contributed by atoms with van der Waals surface area (Å²) in [5, 5.41) is 4.05. The van der Waals surface area contributed by atoms with Crippen molar-refractivity contribution in [3.63, 3.8) is 0 Å². The number of halogens is 1. The largest absolute Gasteiger partial charge is 0.383 e. The van der Waals surface area contributed by atoms with Crippen molar-refractivity contribution in [3.8, 4) is 0 Å². The minimum absolute atomic E-state index is 0.00174. The predicted octanol–water partition coefficient (Wildman–Crippen LogP) is 4.13. The summed E-state index contributed by atoms with van der Waals surface area (Å²) in [6.45, 7) is 5.06. The zero-order valence-electron chi connectivity index (χ0n) is 12.3. The second-order valence-electron chi connectivity index (χ2n) is 4.62. The SMILES string of the molecule is CCNC(c1ccc(SCC)cc1)c1cc(Cl)cnc1N. The lowest BCUT2D eigenvalue weighted by atomic mass is 9.99. The van der Waals surface area contributed by atoms with Crippen LogP contribution in [0.5, 0.6) is 0 Å². The van der Waals surface area contributed by atoms with E-state index in [1.165, 1.54) is 4.90 Å². The van der Waals surface area contributed by atoms with Crippen LogP contribution in [0.25, 0.3) is 0 Å². The minimum Gasteiger partial charge on any atom is -0.383 e. The molecule has 0 aliphatic heterocycles.